The molecule has 1 aliphatic heterocycles. The predicted molar refractivity (Wildman–Crippen MR) is 109 cm³/mol. The average Bonchev–Trinajstić information content (AvgIpc) is 3.28. The number of sulfonamides is 1. The minimum atomic E-state index is -3.41. The summed E-state index contributed by atoms with van der Waals surface area (Å²) >= 11 is 1.66. The van der Waals surface area contributed by atoms with E-state index in [0.717, 1.165) is 23.2 Å². The van der Waals surface area contributed by atoms with E-state index in [1.165, 1.54) is 15.4 Å². The molecule has 0 aliphatic carbocycles. The Hall–Kier alpha value is -1.98. The van der Waals surface area contributed by atoms with Gasteiger partial charge < -0.3 is 14.7 Å². The maximum absolute atomic E-state index is 12.6. The van der Waals surface area contributed by atoms with Crippen LogP contribution in [0.5, 0.6) is 0 Å². The maximum Gasteiger partial charge on any atom is 0.220 e. The second kappa shape index (κ2) is 9.01. The molecule has 0 atom stereocenters. The van der Waals surface area contributed by atoms with Crippen LogP contribution in [-0.2, 0) is 22.3 Å². The van der Waals surface area contributed by atoms with Crippen LogP contribution in [0.1, 0.15) is 28.2 Å². The lowest BCUT2D eigenvalue weighted by Gasteiger charge is -2.35. The zero-order valence-corrected chi connectivity index (χ0v) is 18.0. The molecule has 0 unspecified atom stereocenters. The summed E-state index contributed by atoms with van der Waals surface area (Å²) < 4.78 is 31.4. The van der Waals surface area contributed by atoms with Gasteiger partial charge in [0.15, 0.2) is 5.96 Å². The molecular formula is C17H26N6O3S2. The Morgan fingerprint density at radius 2 is 2.07 bits per heavy atom. The van der Waals surface area contributed by atoms with Crippen molar-refractivity contribution in [3.63, 3.8) is 0 Å². The molecule has 0 saturated carbocycles. The van der Waals surface area contributed by atoms with Crippen LogP contribution in [0.3, 0.4) is 0 Å². The highest BCUT2D eigenvalue weighted by molar-refractivity contribution is 7.88. The number of nitrogens with one attached hydrogen (secondary N) is 1. The Kier molecular flexibility index (Phi) is 6.68. The number of aliphatic imine (C=N–C) groups is 1. The van der Waals surface area contributed by atoms with Gasteiger partial charge in [-0.25, -0.2) is 18.4 Å². The number of nitrogens with zero attached hydrogens (tertiary/aromatic N) is 5. The van der Waals surface area contributed by atoms with Crippen LogP contribution in [0.25, 0.3) is 0 Å². The zero-order valence-electron chi connectivity index (χ0n) is 16.4. The van der Waals surface area contributed by atoms with Crippen LogP contribution in [0.2, 0.25) is 0 Å². The van der Waals surface area contributed by atoms with Gasteiger partial charge in [0, 0.05) is 43.7 Å². The smallest absolute Gasteiger partial charge is 0.220 e. The average molecular weight is 427 g/mol. The molecule has 3 rings (SSSR count). The van der Waals surface area contributed by atoms with Gasteiger partial charge in [-0.15, -0.1) is 11.3 Å². The summed E-state index contributed by atoms with van der Waals surface area (Å²) in [4.78, 5) is 12.5. The van der Waals surface area contributed by atoms with Gasteiger partial charge in [-0.05, 0) is 20.8 Å². The van der Waals surface area contributed by atoms with Crippen molar-refractivity contribution in [1.29, 1.82) is 0 Å². The molecule has 1 fully saturated rings. The molecule has 0 bridgehead atoms. The van der Waals surface area contributed by atoms with Crippen molar-refractivity contribution in [2.75, 3.05) is 32.7 Å². The molecule has 1 saturated heterocycles. The molecule has 154 valence electrons. The number of hydrogen-bond acceptors (Lipinski definition) is 7. The van der Waals surface area contributed by atoms with Gasteiger partial charge in [0.25, 0.3) is 0 Å². The summed E-state index contributed by atoms with van der Waals surface area (Å²) in [5.41, 5.74) is 1.47. The fourth-order valence-electron chi connectivity index (χ4n) is 2.94. The van der Waals surface area contributed by atoms with Crippen molar-refractivity contribution in [1.82, 2.24) is 24.7 Å². The van der Waals surface area contributed by atoms with E-state index in [9.17, 15) is 8.42 Å². The van der Waals surface area contributed by atoms with Crippen LogP contribution in [0, 0.1) is 13.8 Å². The summed E-state index contributed by atoms with van der Waals surface area (Å²) in [5, 5.41) is 7.98. The topological polar surface area (TPSA) is 104 Å². The Morgan fingerprint density at radius 3 is 2.64 bits per heavy atom. The van der Waals surface area contributed by atoms with E-state index in [1.807, 2.05) is 13.8 Å². The first kappa shape index (κ1) is 20.7. The van der Waals surface area contributed by atoms with Crippen LogP contribution >= 0.6 is 11.3 Å². The molecule has 9 nitrogen and oxygen atoms in total. The van der Waals surface area contributed by atoms with Gasteiger partial charge in [-0.1, -0.05) is 5.16 Å². The number of hydrogen-bond donors (Lipinski definition) is 1. The Bertz CT molecular complexity index is 880. The number of guanidine groups is 1. The third-order valence-electron chi connectivity index (χ3n) is 4.52. The SMILES string of the molecule is CCNC(=NCc1nc(C)c(C)s1)N1CCN(S(=O)(=O)Cc2ccon2)CC1. The van der Waals surface area contributed by atoms with Crippen LogP contribution in [0.15, 0.2) is 21.8 Å². The third kappa shape index (κ3) is 5.09. The lowest BCUT2D eigenvalue weighted by atomic mass is 10.4. The summed E-state index contributed by atoms with van der Waals surface area (Å²) in [6, 6.07) is 1.58. The predicted octanol–water partition coefficient (Wildman–Crippen LogP) is 1.36. The minimum Gasteiger partial charge on any atom is -0.364 e. The van der Waals surface area contributed by atoms with Crippen molar-refractivity contribution >= 4 is 27.3 Å². The first-order valence-corrected chi connectivity index (χ1v) is 11.6. The molecule has 2 aromatic rings. The highest BCUT2D eigenvalue weighted by Gasteiger charge is 2.29. The molecule has 0 amide bonds. The zero-order chi connectivity index (χ0) is 20.1. The quantitative estimate of drug-likeness (QED) is 0.549. The van der Waals surface area contributed by atoms with Gasteiger partial charge in [0.2, 0.25) is 10.0 Å². The largest absolute Gasteiger partial charge is 0.364 e. The van der Waals surface area contributed by atoms with Crippen LogP contribution < -0.4 is 5.32 Å². The normalized spacial score (nSPS) is 16.5. The first-order valence-electron chi connectivity index (χ1n) is 9.22. The molecule has 28 heavy (non-hydrogen) atoms. The fraction of sp³-hybridized carbons (Fsp3) is 0.588. The molecule has 3 heterocycles. The highest BCUT2D eigenvalue weighted by atomic mass is 32.2. The number of rotatable bonds is 6. The highest BCUT2D eigenvalue weighted by Crippen LogP contribution is 2.17. The first-order chi connectivity index (χ1) is 13.4. The molecule has 0 aromatic carbocycles. The van der Waals surface area contributed by atoms with E-state index in [4.69, 9.17) is 9.52 Å². The standard InChI is InChI=1S/C17H26N6O3S2/c1-4-18-17(19-11-16-20-13(2)14(3)27-16)22-6-8-23(9-7-22)28(24,25)12-15-5-10-26-21-15/h5,10H,4,6-9,11-12H2,1-3H3,(H,18,19). The summed E-state index contributed by atoms with van der Waals surface area (Å²) in [6.45, 7) is 9.35. The summed E-state index contributed by atoms with van der Waals surface area (Å²) in [6.07, 6.45) is 1.38. The van der Waals surface area contributed by atoms with E-state index >= 15 is 0 Å². The van der Waals surface area contributed by atoms with Crippen molar-refractivity contribution < 1.29 is 12.9 Å². The van der Waals surface area contributed by atoms with E-state index < -0.39 is 10.0 Å². The van der Waals surface area contributed by atoms with Crippen molar-refractivity contribution in [3.05, 3.63) is 33.6 Å². The van der Waals surface area contributed by atoms with E-state index in [0.29, 0.717) is 38.4 Å². The summed E-state index contributed by atoms with van der Waals surface area (Å²) in [5.74, 6) is 0.655. The second-order valence-electron chi connectivity index (χ2n) is 6.55. The van der Waals surface area contributed by atoms with Crippen LogP contribution in [0.4, 0.5) is 0 Å². The van der Waals surface area contributed by atoms with Gasteiger partial charge in [0.1, 0.15) is 17.0 Å². The monoisotopic (exact) mass is 426 g/mol. The van der Waals surface area contributed by atoms with Crippen LogP contribution in [-0.4, -0.2) is 66.4 Å². The lowest BCUT2D eigenvalue weighted by Crippen LogP contribution is -2.53. The van der Waals surface area contributed by atoms with E-state index in [-0.39, 0.29) is 5.75 Å². The van der Waals surface area contributed by atoms with Gasteiger partial charge >= 0.3 is 0 Å². The Labute approximate surface area is 169 Å². The van der Waals surface area contributed by atoms with Gasteiger partial charge in [-0.3, -0.25) is 0 Å². The van der Waals surface area contributed by atoms with Gasteiger partial charge in [-0.2, -0.15) is 4.31 Å². The molecule has 2 aromatic heterocycles. The van der Waals surface area contributed by atoms with Gasteiger partial charge in [0.05, 0.1) is 17.9 Å². The molecule has 0 spiro atoms. The Balaban J connectivity index is 1.61. The third-order valence-corrected chi connectivity index (χ3v) is 7.39. The molecule has 11 heteroatoms. The number of aromatic nitrogens is 2. The van der Waals surface area contributed by atoms with Crippen molar-refractivity contribution in [3.8, 4) is 0 Å². The fourth-order valence-corrected chi connectivity index (χ4v) is 5.23. The number of thiazole rings is 1. The molecule has 1 aliphatic rings. The second-order valence-corrected chi connectivity index (χ2v) is 9.81. The maximum atomic E-state index is 12.6. The summed E-state index contributed by atoms with van der Waals surface area (Å²) in [7, 11) is -3.41. The number of aryl methyl sites for hydroxylation is 2. The molecular weight excluding hydrogens is 400 g/mol. The van der Waals surface area contributed by atoms with Crippen molar-refractivity contribution in [2.24, 2.45) is 4.99 Å². The molecule has 1 N–H and O–H groups in total. The molecule has 0 radical (unpaired) electrons. The minimum absolute atomic E-state index is 0.138. The van der Waals surface area contributed by atoms with E-state index in [2.05, 4.69) is 27.3 Å². The Morgan fingerprint density at radius 1 is 1.32 bits per heavy atom. The lowest BCUT2D eigenvalue weighted by molar-refractivity contribution is 0.259. The number of piperazine rings is 1. The van der Waals surface area contributed by atoms with E-state index in [1.54, 1.807) is 17.4 Å². The van der Waals surface area contributed by atoms with Crippen molar-refractivity contribution in [2.45, 2.75) is 33.1 Å².